The Bertz CT molecular complexity index is 731. The van der Waals surface area contributed by atoms with Gasteiger partial charge in [-0.2, -0.15) is 0 Å². The molecule has 90 valence electrons. The summed E-state index contributed by atoms with van der Waals surface area (Å²) >= 11 is 0. The third kappa shape index (κ3) is 1.55. The van der Waals surface area contributed by atoms with Crippen molar-refractivity contribution in [2.45, 2.75) is 6.92 Å². The van der Waals surface area contributed by atoms with Crippen molar-refractivity contribution < 1.29 is 0 Å². The highest BCUT2D eigenvalue weighted by Gasteiger charge is 2.11. The van der Waals surface area contributed by atoms with Crippen LogP contribution < -0.4 is 11.5 Å². The monoisotopic (exact) mass is 240 g/mol. The number of hydrogen-bond donors (Lipinski definition) is 3. The maximum absolute atomic E-state index is 5.95. The van der Waals surface area contributed by atoms with E-state index in [4.69, 9.17) is 11.5 Å². The molecule has 3 aromatic rings. The molecule has 0 amide bonds. The molecule has 0 spiro atoms. The normalized spacial score (nSPS) is 10.9. The van der Waals surface area contributed by atoms with Crippen molar-refractivity contribution in [1.82, 2.24) is 19.9 Å². The Kier molecular flexibility index (Phi) is 2.16. The number of imidazole rings is 1. The van der Waals surface area contributed by atoms with Gasteiger partial charge in [0.05, 0.1) is 0 Å². The summed E-state index contributed by atoms with van der Waals surface area (Å²) in [4.78, 5) is 15.5. The van der Waals surface area contributed by atoms with Gasteiger partial charge in [-0.05, 0) is 19.1 Å². The van der Waals surface area contributed by atoms with Gasteiger partial charge >= 0.3 is 0 Å². The molecule has 0 saturated carbocycles. The van der Waals surface area contributed by atoms with Crippen LogP contribution in [0.2, 0.25) is 0 Å². The fourth-order valence-corrected chi connectivity index (χ4v) is 1.85. The van der Waals surface area contributed by atoms with Crippen molar-refractivity contribution in [3.05, 3.63) is 30.1 Å². The average molecular weight is 240 g/mol. The van der Waals surface area contributed by atoms with Gasteiger partial charge in [-0.3, -0.25) is 0 Å². The van der Waals surface area contributed by atoms with E-state index < -0.39 is 0 Å². The predicted octanol–water partition coefficient (Wildman–Crippen LogP) is 1.49. The lowest BCUT2D eigenvalue weighted by Gasteiger charge is -2.03. The first-order valence-corrected chi connectivity index (χ1v) is 5.48. The van der Waals surface area contributed by atoms with E-state index in [0.717, 1.165) is 11.1 Å². The summed E-state index contributed by atoms with van der Waals surface area (Å²) in [6.07, 6.45) is 1.39. The third-order valence-electron chi connectivity index (χ3n) is 2.78. The SMILES string of the molecule is Cc1ccc(N)c(-c2nc3ncnc(N)c3[nH]2)c1. The number of aryl methyl sites for hydroxylation is 1. The fourth-order valence-electron chi connectivity index (χ4n) is 1.85. The van der Waals surface area contributed by atoms with Crippen LogP contribution in [0.4, 0.5) is 11.5 Å². The number of benzene rings is 1. The van der Waals surface area contributed by atoms with Gasteiger partial charge < -0.3 is 16.5 Å². The van der Waals surface area contributed by atoms with Crippen LogP contribution in [0, 0.1) is 6.92 Å². The van der Waals surface area contributed by atoms with Crippen LogP contribution in [0.5, 0.6) is 0 Å². The van der Waals surface area contributed by atoms with Gasteiger partial charge in [-0.25, -0.2) is 15.0 Å². The van der Waals surface area contributed by atoms with Crippen LogP contribution >= 0.6 is 0 Å². The van der Waals surface area contributed by atoms with Crippen LogP contribution in [0.15, 0.2) is 24.5 Å². The number of nitrogen functional groups attached to an aromatic ring is 2. The Morgan fingerprint density at radius 2 is 2.00 bits per heavy atom. The molecule has 2 aromatic heterocycles. The number of fused-ring (bicyclic) bond motifs is 1. The molecular weight excluding hydrogens is 228 g/mol. The zero-order chi connectivity index (χ0) is 12.7. The highest BCUT2D eigenvalue weighted by atomic mass is 15.0. The second-order valence-corrected chi connectivity index (χ2v) is 4.13. The van der Waals surface area contributed by atoms with E-state index in [0.29, 0.717) is 28.5 Å². The van der Waals surface area contributed by atoms with E-state index in [9.17, 15) is 0 Å². The number of anilines is 2. The van der Waals surface area contributed by atoms with Crippen molar-refractivity contribution in [3.63, 3.8) is 0 Å². The number of nitrogens with one attached hydrogen (secondary N) is 1. The molecule has 0 aliphatic heterocycles. The van der Waals surface area contributed by atoms with Gasteiger partial charge in [0.1, 0.15) is 17.7 Å². The lowest BCUT2D eigenvalue weighted by molar-refractivity contribution is 1.21. The van der Waals surface area contributed by atoms with Crippen molar-refractivity contribution in [2.24, 2.45) is 0 Å². The van der Waals surface area contributed by atoms with Crippen LogP contribution in [0.1, 0.15) is 5.56 Å². The summed E-state index contributed by atoms with van der Waals surface area (Å²) in [7, 11) is 0. The van der Waals surface area contributed by atoms with E-state index in [1.54, 1.807) is 0 Å². The standard InChI is InChI=1S/C12H12N6/c1-6-2-3-8(13)7(4-6)11-17-9-10(14)15-5-16-12(9)18-11/h2-5H,13H2,1H3,(H3,14,15,16,17,18). The molecular formula is C12H12N6. The molecule has 5 N–H and O–H groups in total. The number of H-pyrrole nitrogens is 1. The summed E-state index contributed by atoms with van der Waals surface area (Å²) in [6.45, 7) is 2.00. The lowest BCUT2D eigenvalue weighted by atomic mass is 10.1. The summed E-state index contributed by atoms with van der Waals surface area (Å²) in [5, 5.41) is 0. The van der Waals surface area contributed by atoms with Crippen LogP contribution in [0.3, 0.4) is 0 Å². The second-order valence-electron chi connectivity index (χ2n) is 4.13. The highest BCUT2D eigenvalue weighted by molar-refractivity contribution is 5.86. The summed E-state index contributed by atoms with van der Waals surface area (Å²) in [6, 6.07) is 5.78. The molecule has 2 heterocycles. The van der Waals surface area contributed by atoms with Crippen LogP contribution in [-0.4, -0.2) is 19.9 Å². The topological polar surface area (TPSA) is 106 Å². The molecule has 3 rings (SSSR count). The molecule has 6 heteroatoms. The van der Waals surface area contributed by atoms with Gasteiger partial charge in [-0.1, -0.05) is 11.6 Å². The van der Waals surface area contributed by atoms with Crippen molar-refractivity contribution >= 4 is 22.7 Å². The highest BCUT2D eigenvalue weighted by Crippen LogP contribution is 2.26. The Hall–Kier alpha value is -2.63. The molecule has 0 bridgehead atoms. The molecule has 18 heavy (non-hydrogen) atoms. The minimum atomic E-state index is 0.380. The Labute approximate surface area is 103 Å². The van der Waals surface area contributed by atoms with E-state index in [1.807, 2.05) is 25.1 Å². The molecule has 6 nitrogen and oxygen atoms in total. The van der Waals surface area contributed by atoms with Crippen LogP contribution in [0.25, 0.3) is 22.6 Å². The number of aromatic nitrogens is 4. The lowest BCUT2D eigenvalue weighted by Crippen LogP contribution is -1.92. The molecule has 0 aliphatic carbocycles. The molecule has 0 atom stereocenters. The second kappa shape index (κ2) is 3.69. The number of nitrogens with two attached hydrogens (primary N) is 2. The molecule has 0 fully saturated rings. The molecule has 0 saturated heterocycles. The summed E-state index contributed by atoms with van der Waals surface area (Å²) in [5.41, 5.74) is 15.5. The molecule has 0 unspecified atom stereocenters. The predicted molar refractivity (Wildman–Crippen MR) is 70.7 cm³/mol. The Morgan fingerprint density at radius 1 is 1.17 bits per heavy atom. The largest absolute Gasteiger partial charge is 0.398 e. The molecule has 1 aromatic carbocycles. The maximum Gasteiger partial charge on any atom is 0.183 e. The van der Waals surface area contributed by atoms with E-state index in [1.165, 1.54) is 6.33 Å². The molecule has 0 aliphatic rings. The fraction of sp³-hybridized carbons (Fsp3) is 0.0833. The average Bonchev–Trinajstić information content (AvgIpc) is 2.77. The first-order valence-electron chi connectivity index (χ1n) is 5.48. The zero-order valence-corrected chi connectivity index (χ0v) is 9.81. The summed E-state index contributed by atoms with van der Waals surface area (Å²) < 4.78 is 0. The van der Waals surface area contributed by atoms with Gasteiger partial charge in [0.25, 0.3) is 0 Å². The van der Waals surface area contributed by atoms with Crippen molar-refractivity contribution in [1.29, 1.82) is 0 Å². The Balaban J connectivity index is 2.26. The first-order chi connectivity index (χ1) is 8.65. The summed E-state index contributed by atoms with van der Waals surface area (Å²) in [5.74, 6) is 1.03. The maximum atomic E-state index is 5.95. The van der Waals surface area contributed by atoms with Gasteiger partial charge in [0.15, 0.2) is 11.5 Å². The third-order valence-corrected chi connectivity index (χ3v) is 2.78. The van der Waals surface area contributed by atoms with Gasteiger partial charge in [-0.15, -0.1) is 0 Å². The number of hydrogen-bond acceptors (Lipinski definition) is 5. The van der Waals surface area contributed by atoms with E-state index in [2.05, 4.69) is 19.9 Å². The Morgan fingerprint density at radius 3 is 2.78 bits per heavy atom. The number of nitrogens with zero attached hydrogens (tertiary/aromatic N) is 3. The smallest absolute Gasteiger partial charge is 0.183 e. The van der Waals surface area contributed by atoms with Gasteiger partial charge in [0.2, 0.25) is 0 Å². The van der Waals surface area contributed by atoms with E-state index in [-0.39, 0.29) is 0 Å². The van der Waals surface area contributed by atoms with Crippen LogP contribution in [-0.2, 0) is 0 Å². The van der Waals surface area contributed by atoms with Crippen molar-refractivity contribution in [3.8, 4) is 11.4 Å². The van der Waals surface area contributed by atoms with E-state index >= 15 is 0 Å². The number of aromatic amines is 1. The van der Waals surface area contributed by atoms with Crippen molar-refractivity contribution in [2.75, 3.05) is 11.5 Å². The zero-order valence-electron chi connectivity index (χ0n) is 9.81. The first kappa shape index (κ1) is 10.5. The van der Waals surface area contributed by atoms with Gasteiger partial charge in [0, 0.05) is 11.3 Å². The molecule has 0 radical (unpaired) electrons. The minimum Gasteiger partial charge on any atom is -0.398 e. The number of rotatable bonds is 1. The quantitative estimate of drug-likeness (QED) is 0.559. The minimum absolute atomic E-state index is 0.380.